The fourth-order valence-corrected chi connectivity index (χ4v) is 1.47. The number of fused-ring (bicyclic) bond motifs is 1. The van der Waals surface area contributed by atoms with Crippen LogP contribution in [0.1, 0.15) is 12.5 Å². The molecule has 0 spiro atoms. The van der Waals surface area contributed by atoms with Gasteiger partial charge in [-0.15, -0.1) is 0 Å². The number of aromatic nitrogens is 1. The zero-order chi connectivity index (χ0) is 11.4. The maximum atomic E-state index is 11.1. The lowest BCUT2D eigenvalue weighted by Crippen LogP contribution is -1.99. The van der Waals surface area contributed by atoms with Gasteiger partial charge < -0.3 is 9.72 Å². The SMILES string of the molecule is CCOC(=O)C#Cc1cccc2cc[nH]c12. The van der Waals surface area contributed by atoms with Crippen molar-refractivity contribution in [2.45, 2.75) is 6.92 Å². The lowest BCUT2D eigenvalue weighted by atomic mass is 10.1. The topological polar surface area (TPSA) is 42.1 Å². The van der Waals surface area contributed by atoms with Crippen LogP contribution in [0.5, 0.6) is 0 Å². The van der Waals surface area contributed by atoms with Gasteiger partial charge in [-0.25, -0.2) is 4.79 Å². The third kappa shape index (κ3) is 2.06. The van der Waals surface area contributed by atoms with Gasteiger partial charge in [0.1, 0.15) is 0 Å². The molecule has 1 aromatic heterocycles. The number of rotatable bonds is 1. The first-order valence-electron chi connectivity index (χ1n) is 5.06. The summed E-state index contributed by atoms with van der Waals surface area (Å²) in [6, 6.07) is 7.72. The zero-order valence-electron chi connectivity index (χ0n) is 8.91. The van der Waals surface area contributed by atoms with Crippen molar-refractivity contribution in [1.82, 2.24) is 4.98 Å². The quantitative estimate of drug-likeness (QED) is 0.582. The molecule has 1 N–H and O–H groups in total. The van der Waals surface area contributed by atoms with Crippen molar-refractivity contribution >= 4 is 16.9 Å². The van der Waals surface area contributed by atoms with E-state index in [-0.39, 0.29) is 0 Å². The van der Waals surface area contributed by atoms with E-state index in [2.05, 4.69) is 16.8 Å². The fourth-order valence-electron chi connectivity index (χ4n) is 1.47. The Hall–Kier alpha value is -2.21. The number of carbonyl (C=O) groups is 1. The Kier molecular flexibility index (Phi) is 2.93. The molecule has 2 rings (SSSR count). The molecule has 0 aliphatic carbocycles. The molecule has 16 heavy (non-hydrogen) atoms. The average Bonchev–Trinajstić information content (AvgIpc) is 2.75. The maximum Gasteiger partial charge on any atom is 0.384 e. The van der Waals surface area contributed by atoms with Crippen molar-refractivity contribution in [1.29, 1.82) is 0 Å². The summed E-state index contributed by atoms with van der Waals surface area (Å²) in [6.07, 6.45) is 1.85. The smallest absolute Gasteiger partial charge is 0.384 e. The Balaban J connectivity index is 2.33. The zero-order valence-corrected chi connectivity index (χ0v) is 8.91. The summed E-state index contributed by atoms with van der Waals surface area (Å²) in [6.45, 7) is 2.10. The Morgan fingerprint density at radius 2 is 2.31 bits per heavy atom. The monoisotopic (exact) mass is 213 g/mol. The molecule has 3 nitrogen and oxygen atoms in total. The Morgan fingerprint density at radius 3 is 3.12 bits per heavy atom. The maximum absolute atomic E-state index is 11.1. The number of H-pyrrole nitrogens is 1. The first-order valence-corrected chi connectivity index (χ1v) is 5.06. The Morgan fingerprint density at radius 1 is 1.44 bits per heavy atom. The van der Waals surface area contributed by atoms with Crippen LogP contribution in [0.3, 0.4) is 0 Å². The van der Waals surface area contributed by atoms with Gasteiger partial charge in [0.05, 0.1) is 12.1 Å². The van der Waals surface area contributed by atoms with Crippen LogP contribution in [0.4, 0.5) is 0 Å². The largest absolute Gasteiger partial charge is 0.456 e. The highest BCUT2D eigenvalue weighted by Gasteiger charge is 1.99. The molecule has 0 amide bonds. The van der Waals surface area contributed by atoms with Gasteiger partial charge in [-0.1, -0.05) is 18.1 Å². The minimum atomic E-state index is -0.494. The highest BCUT2D eigenvalue weighted by Crippen LogP contribution is 2.15. The molecule has 1 heterocycles. The minimum Gasteiger partial charge on any atom is -0.456 e. The van der Waals surface area contributed by atoms with Gasteiger partial charge in [0, 0.05) is 23.1 Å². The molecular formula is C13H11NO2. The van der Waals surface area contributed by atoms with Crippen LogP contribution >= 0.6 is 0 Å². The second-order valence-corrected chi connectivity index (χ2v) is 3.22. The number of hydrogen-bond acceptors (Lipinski definition) is 2. The van der Waals surface area contributed by atoms with Crippen LogP contribution in [0, 0.1) is 11.8 Å². The fraction of sp³-hybridized carbons (Fsp3) is 0.154. The van der Waals surface area contributed by atoms with Crippen LogP contribution < -0.4 is 0 Å². The molecule has 80 valence electrons. The van der Waals surface area contributed by atoms with Crippen LogP contribution in [-0.2, 0) is 9.53 Å². The number of benzene rings is 1. The van der Waals surface area contributed by atoms with Crippen molar-refractivity contribution in [3.8, 4) is 11.8 Å². The van der Waals surface area contributed by atoms with Crippen molar-refractivity contribution in [2.24, 2.45) is 0 Å². The summed E-state index contributed by atoms with van der Waals surface area (Å²) in [7, 11) is 0. The van der Waals surface area contributed by atoms with E-state index >= 15 is 0 Å². The average molecular weight is 213 g/mol. The van der Waals surface area contributed by atoms with E-state index in [4.69, 9.17) is 4.74 Å². The molecule has 0 fully saturated rings. The van der Waals surface area contributed by atoms with Crippen LogP contribution in [0.15, 0.2) is 30.5 Å². The molecule has 0 aliphatic rings. The number of nitrogens with one attached hydrogen (secondary N) is 1. The van der Waals surface area contributed by atoms with Gasteiger partial charge in [0.25, 0.3) is 0 Å². The van der Waals surface area contributed by atoms with E-state index in [1.54, 1.807) is 6.92 Å². The van der Waals surface area contributed by atoms with Gasteiger partial charge in [-0.05, 0) is 19.1 Å². The Labute approximate surface area is 93.4 Å². The van der Waals surface area contributed by atoms with E-state index in [0.29, 0.717) is 6.61 Å². The molecule has 0 atom stereocenters. The number of carbonyl (C=O) groups excluding carboxylic acids is 1. The summed E-state index contributed by atoms with van der Waals surface area (Å²) in [5.74, 6) is 4.76. The lowest BCUT2D eigenvalue weighted by Gasteiger charge is -1.94. The molecule has 0 bridgehead atoms. The van der Waals surface area contributed by atoms with Crippen molar-refractivity contribution in [3.05, 3.63) is 36.0 Å². The first-order chi connectivity index (χ1) is 7.81. The third-order valence-corrected chi connectivity index (χ3v) is 2.16. The predicted molar refractivity (Wildman–Crippen MR) is 61.8 cm³/mol. The molecule has 0 saturated carbocycles. The second-order valence-electron chi connectivity index (χ2n) is 3.22. The summed E-state index contributed by atoms with van der Waals surface area (Å²) < 4.78 is 4.73. The summed E-state index contributed by atoms with van der Waals surface area (Å²) >= 11 is 0. The normalized spacial score (nSPS) is 9.56. The highest BCUT2D eigenvalue weighted by molar-refractivity contribution is 5.91. The number of hydrogen-bond donors (Lipinski definition) is 1. The first kappa shape index (κ1) is 10.3. The lowest BCUT2D eigenvalue weighted by molar-refractivity contribution is -0.136. The van der Waals surface area contributed by atoms with Crippen molar-refractivity contribution in [2.75, 3.05) is 6.61 Å². The molecule has 3 heteroatoms. The molecule has 2 aromatic rings. The van der Waals surface area contributed by atoms with Crippen molar-refractivity contribution < 1.29 is 9.53 Å². The number of esters is 1. The van der Waals surface area contributed by atoms with Crippen LogP contribution in [0.2, 0.25) is 0 Å². The molecule has 0 saturated heterocycles. The molecule has 0 aliphatic heterocycles. The molecule has 0 radical (unpaired) electrons. The number of ether oxygens (including phenoxy) is 1. The predicted octanol–water partition coefficient (Wildman–Crippen LogP) is 2.08. The van der Waals surface area contributed by atoms with E-state index in [1.165, 1.54) is 0 Å². The van der Waals surface area contributed by atoms with Gasteiger partial charge in [-0.3, -0.25) is 0 Å². The van der Waals surface area contributed by atoms with E-state index in [0.717, 1.165) is 16.5 Å². The van der Waals surface area contributed by atoms with E-state index in [1.807, 2.05) is 30.5 Å². The summed E-state index contributed by atoms with van der Waals surface area (Å²) in [5, 5.41) is 1.08. The van der Waals surface area contributed by atoms with Crippen LogP contribution in [0.25, 0.3) is 10.9 Å². The van der Waals surface area contributed by atoms with E-state index in [9.17, 15) is 4.79 Å². The Bertz CT molecular complexity index is 572. The van der Waals surface area contributed by atoms with Gasteiger partial charge in [-0.2, -0.15) is 0 Å². The summed E-state index contributed by atoms with van der Waals surface area (Å²) in [5.41, 5.74) is 1.75. The number of para-hydroxylation sites is 1. The molecule has 0 unspecified atom stereocenters. The molecular weight excluding hydrogens is 202 g/mol. The molecule has 1 aromatic carbocycles. The second kappa shape index (κ2) is 4.54. The third-order valence-electron chi connectivity index (χ3n) is 2.16. The van der Waals surface area contributed by atoms with Gasteiger partial charge in [0.15, 0.2) is 0 Å². The highest BCUT2D eigenvalue weighted by atomic mass is 16.5. The van der Waals surface area contributed by atoms with Gasteiger partial charge >= 0.3 is 5.97 Å². The standard InChI is InChI=1S/C13H11NO2/c1-2-16-12(15)7-6-10-4-3-5-11-8-9-14-13(10)11/h3-5,8-9,14H,2H2,1H3. The van der Waals surface area contributed by atoms with Gasteiger partial charge in [0.2, 0.25) is 0 Å². The number of aromatic amines is 1. The minimum absolute atomic E-state index is 0.347. The van der Waals surface area contributed by atoms with E-state index < -0.39 is 5.97 Å². The van der Waals surface area contributed by atoms with Crippen molar-refractivity contribution in [3.63, 3.8) is 0 Å². The van der Waals surface area contributed by atoms with Crippen LogP contribution in [-0.4, -0.2) is 17.6 Å². The summed E-state index contributed by atoms with van der Waals surface area (Å²) in [4.78, 5) is 14.2.